The van der Waals surface area contributed by atoms with Crippen molar-refractivity contribution in [1.82, 2.24) is 10.2 Å². The molecule has 1 heterocycles. The third-order valence-electron chi connectivity index (χ3n) is 4.82. The molecule has 0 aromatic carbocycles. The quantitative estimate of drug-likeness (QED) is 0.801. The number of nitrogens with zero attached hydrogens (tertiary/aromatic N) is 1. The fourth-order valence-electron chi connectivity index (χ4n) is 3.65. The van der Waals surface area contributed by atoms with Gasteiger partial charge in [-0.15, -0.1) is 0 Å². The molecule has 1 saturated carbocycles. The van der Waals surface area contributed by atoms with Gasteiger partial charge in [0, 0.05) is 25.2 Å². The van der Waals surface area contributed by atoms with Crippen LogP contribution in [0.4, 0.5) is 0 Å². The summed E-state index contributed by atoms with van der Waals surface area (Å²) in [7, 11) is 2.30. The molecule has 0 aromatic heterocycles. The van der Waals surface area contributed by atoms with Gasteiger partial charge in [0.05, 0.1) is 6.10 Å². The first-order chi connectivity index (χ1) is 9.20. The molecule has 0 amide bonds. The van der Waals surface area contributed by atoms with Gasteiger partial charge in [-0.1, -0.05) is 13.8 Å². The van der Waals surface area contributed by atoms with Crippen molar-refractivity contribution in [2.75, 3.05) is 26.7 Å². The van der Waals surface area contributed by atoms with Crippen LogP contribution in [0, 0.1) is 5.92 Å². The van der Waals surface area contributed by atoms with Crippen LogP contribution in [0.1, 0.15) is 52.4 Å². The van der Waals surface area contributed by atoms with Crippen LogP contribution in [0.2, 0.25) is 0 Å². The van der Waals surface area contributed by atoms with Crippen molar-refractivity contribution in [3.8, 4) is 0 Å². The topological polar surface area (TPSA) is 24.5 Å². The third-order valence-corrected chi connectivity index (χ3v) is 4.82. The maximum Gasteiger partial charge on any atom is 0.0702 e. The normalized spacial score (nSPS) is 36.0. The Kier molecular flexibility index (Phi) is 6.11. The summed E-state index contributed by atoms with van der Waals surface area (Å²) in [5.74, 6) is 0.872. The van der Waals surface area contributed by atoms with Crippen molar-refractivity contribution in [2.45, 2.75) is 70.6 Å². The lowest BCUT2D eigenvalue weighted by molar-refractivity contribution is 0.0460. The average molecular weight is 268 g/mol. The summed E-state index contributed by atoms with van der Waals surface area (Å²) < 4.78 is 5.80. The van der Waals surface area contributed by atoms with E-state index in [1.165, 1.54) is 38.5 Å². The first-order valence-electron chi connectivity index (χ1n) is 8.26. The van der Waals surface area contributed by atoms with Crippen LogP contribution in [0.25, 0.3) is 0 Å². The Morgan fingerprint density at radius 2 is 2.11 bits per heavy atom. The molecule has 2 rings (SSSR count). The smallest absolute Gasteiger partial charge is 0.0702 e. The zero-order valence-electron chi connectivity index (χ0n) is 13.0. The number of hydrogen-bond donors (Lipinski definition) is 1. The Bertz CT molecular complexity index is 251. The molecule has 3 heteroatoms. The zero-order chi connectivity index (χ0) is 13.7. The van der Waals surface area contributed by atoms with E-state index in [0.717, 1.165) is 25.6 Å². The molecule has 0 radical (unpaired) electrons. The molecular formula is C16H32N2O. The van der Waals surface area contributed by atoms with E-state index in [1.807, 2.05) is 0 Å². The zero-order valence-corrected chi connectivity index (χ0v) is 13.0. The van der Waals surface area contributed by atoms with E-state index >= 15 is 0 Å². The summed E-state index contributed by atoms with van der Waals surface area (Å²) in [5.41, 5.74) is 0. The Hall–Kier alpha value is -0.120. The molecule has 1 N–H and O–H groups in total. The number of hydrogen-bond acceptors (Lipinski definition) is 3. The molecule has 3 nitrogen and oxygen atoms in total. The predicted octanol–water partition coefficient (Wildman–Crippen LogP) is 2.65. The monoisotopic (exact) mass is 268 g/mol. The molecule has 1 aliphatic carbocycles. The fraction of sp³-hybridized carbons (Fsp3) is 1.00. The summed E-state index contributed by atoms with van der Waals surface area (Å²) in [5, 5.41) is 3.77. The molecule has 19 heavy (non-hydrogen) atoms. The van der Waals surface area contributed by atoms with E-state index in [9.17, 15) is 0 Å². The Morgan fingerprint density at radius 3 is 2.79 bits per heavy atom. The van der Waals surface area contributed by atoms with E-state index < -0.39 is 0 Å². The molecule has 0 spiro atoms. The van der Waals surface area contributed by atoms with Gasteiger partial charge >= 0.3 is 0 Å². The number of rotatable bonds is 6. The summed E-state index contributed by atoms with van der Waals surface area (Å²) >= 11 is 0. The standard InChI is InChI=1S/C16H32N2O/c1-4-9-17-15-8-7-13(2)11-16(15)18(3)12-14-6-5-10-19-14/h13-17H,4-12H2,1-3H3. The average Bonchev–Trinajstić information content (AvgIpc) is 2.90. The highest BCUT2D eigenvalue weighted by molar-refractivity contribution is 4.90. The van der Waals surface area contributed by atoms with Crippen LogP contribution in [-0.4, -0.2) is 49.8 Å². The van der Waals surface area contributed by atoms with Crippen molar-refractivity contribution in [1.29, 1.82) is 0 Å². The lowest BCUT2D eigenvalue weighted by Crippen LogP contribution is -2.53. The maximum absolute atomic E-state index is 5.80. The van der Waals surface area contributed by atoms with Crippen LogP contribution in [0.3, 0.4) is 0 Å². The lowest BCUT2D eigenvalue weighted by Gasteiger charge is -2.41. The van der Waals surface area contributed by atoms with Gasteiger partial charge in [0.1, 0.15) is 0 Å². The number of ether oxygens (including phenoxy) is 1. The van der Waals surface area contributed by atoms with Gasteiger partial charge in [-0.05, 0) is 58.0 Å². The maximum atomic E-state index is 5.80. The Balaban J connectivity index is 1.87. The molecule has 112 valence electrons. The number of nitrogens with one attached hydrogen (secondary N) is 1. The largest absolute Gasteiger partial charge is 0.377 e. The molecule has 1 saturated heterocycles. The van der Waals surface area contributed by atoms with E-state index in [-0.39, 0.29) is 0 Å². The Morgan fingerprint density at radius 1 is 1.26 bits per heavy atom. The van der Waals surface area contributed by atoms with Crippen molar-refractivity contribution < 1.29 is 4.74 Å². The van der Waals surface area contributed by atoms with Crippen molar-refractivity contribution in [2.24, 2.45) is 5.92 Å². The van der Waals surface area contributed by atoms with E-state index in [2.05, 4.69) is 31.1 Å². The molecular weight excluding hydrogens is 236 g/mol. The minimum Gasteiger partial charge on any atom is -0.377 e. The Labute approximate surface area is 119 Å². The number of likely N-dealkylation sites (N-methyl/N-ethyl adjacent to an activating group) is 1. The summed E-state index contributed by atoms with van der Waals surface area (Å²) in [6.07, 6.45) is 8.26. The summed E-state index contributed by atoms with van der Waals surface area (Å²) in [4.78, 5) is 2.57. The molecule has 0 bridgehead atoms. The third kappa shape index (κ3) is 4.44. The van der Waals surface area contributed by atoms with Crippen molar-refractivity contribution >= 4 is 0 Å². The minimum atomic E-state index is 0.481. The molecule has 4 unspecified atom stereocenters. The molecule has 4 atom stereocenters. The molecule has 2 aliphatic rings. The predicted molar refractivity (Wildman–Crippen MR) is 80.5 cm³/mol. The van der Waals surface area contributed by atoms with E-state index in [1.54, 1.807) is 0 Å². The second-order valence-electron chi connectivity index (χ2n) is 6.62. The first kappa shape index (κ1) is 15.3. The van der Waals surface area contributed by atoms with Crippen LogP contribution in [0.5, 0.6) is 0 Å². The highest BCUT2D eigenvalue weighted by atomic mass is 16.5. The van der Waals surface area contributed by atoms with Crippen LogP contribution in [0.15, 0.2) is 0 Å². The van der Waals surface area contributed by atoms with Crippen LogP contribution >= 0.6 is 0 Å². The van der Waals surface area contributed by atoms with E-state index in [4.69, 9.17) is 4.74 Å². The molecule has 2 fully saturated rings. The van der Waals surface area contributed by atoms with Crippen LogP contribution in [-0.2, 0) is 4.74 Å². The van der Waals surface area contributed by atoms with Crippen LogP contribution < -0.4 is 5.32 Å². The first-order valence-corrected chi connectivity index (χ1v) is 8.26. The van der Waals surface area contributed by atoms with Gasteiger partial charge in [-0.2, -0.15) is 0 Å². The second kappa shape index (κ2) is 7.61. The van der Waals surface area contributed by atoms with Gasteiger partial charge in [0.15, 0.2) is 0 Å². The fourth-order valence-corrected chi connectivity index (χ4v) is 3.65. The van der Waals surface area contributed by atoms with Gasteiger partial charge in [-0.3, -0.25) is 4.90 Å². The SMILES string of the molecule is CCCNC1CCC(C)CC1N(C)CC1CCCO1. The van der Waals surface area contributed by atoms with Gasteiger partial charge in [0.2, 0.25) is 0 Å². The highest BCUT2D eigenvalue weighted by Crippen LogP contribution is 2.28. The second-order valence-corrected chi connectivity index (χ2v) is 6.62. The van der Waals surface area contributed by atoms with Gasteiger partial charge in [0.25, 0.3) is 0 Å². The lowest BCUT2D eigenvalue weighted by atomic mass is 9.82. The van der Waals surface area contributed by atoms with Crippen molar-refractivity contribution in [3.05, 3.63) is 0 Å². The van der Waals surface area contributed by atoms with Gasteiger partial charge in [-0.25, -0.2) is 0 Å². The van der Waals surface area contributed by atoms with E-state index in [0.29, 0.717) is 18.2 Å². The minimum absolute atomic E-state index is 0.481. The highest BCUT2D eigenvalue weighted by Gasteiger charge is 2.32. The summed E-state index contributed by atoms with van der Waals surface area (Å²) in [6, 6.07) is 1.38. The molecule has 0 aromatic rings. The molecule has 1 aliphatic heterocycles. The van der Waals surface area contributed by atoms with Crippen molar-refractivity contribution in [3.63, 3.8) is 0 Å². The van der Waals surface area contributed by atoms with Gasteiger partial charge < -0.3 is 10.1 Å². The summed E-state index contributed by atoms with van der Waals surface area (Å²) in [6.45, 7) is 7.90.